The van der Waals surface area contributed by atoms with Gasteiger partial charge >= 0.3 is 0 Å². The number of nitrogens with zero attached hydrogens (tertiary/aromatic N) is 2. The molecule has 2 aliphatic rings. The third kappa shape index (κ3) is 2.83. The summed E-state index contributed by atoms with van der Waals surface area (Å²) >= 11 is 0. The van der Waals surface area contributed by atoms with Crippen LogP contribution in [0.25, 0.3) is 10.9 Å². The molecule has 2 amide bonds. The Balaban J connectivity index is 1.71. The number of amides is 2. The van der Waals surface area contributed by atoms with Crippen molar-refractivity contribution in [1.82, 2.24) is 20.4 Å². The van der Waals surface area contributed by atoms with Crippen LogP contribution in [0.1, 0.15) is 42.4 Å². The highest BCUT2D eigenvalue weighted by Crippen LogP contribution is 2.33. The number of nitrogens with one attached hydrogen (secondary N) is 2. The Kier molecular flexibility index (Phi) is 4.05. The van der Waals surface area contributed by atoms with Crippen LogP contribution >= 0.6 is 0 Å². The van der Waals surface area contributed by atoms with Gasteiger partial charge in [-0.3, -0.25) is 19.6 Å². The zero-order chi connectivity index (χ0) is 17.6. The molecule has 7 heteroatoms. The van der Waals surface area contributed by atoms with Gasteiger partial charge in [0.2, 0.25) is 11.8 Å². The predicted molar refractivity (Wildman–Crippen MR) is 92.1 cm³/mol. The van der Waals surface area contributed by atoms with Gasteiger partial charge in [0.25, 0.3) is 0 Å². The fourth-order valence-corrected chi connectivity index (χ4v) is 3.98. The van der Waals surface area contributed by atoms with E-state index < -0.39 is 12.0 Å². The van der Waals surface area contributed by atoms with Gasteiger partial charge in [0.05, 0.1) is 23.2 Å². The number of aliphatic hydroxyl groups excluding tert-OH is 1. The molecule has 3 atom stereocenters. The van der Waals surface area contributed by atoms with Crippen molar-refractivity contribution in [3.8, 4) is 0 Å². The lowest BCUT2D eigenvalue weighted by molar-refractivity contribution is -0.134. The third-order valence-electron chi connectivity index (χ3n) is 5.35. The molecule has 2 saturated heterocycles. The standard InChI is InChI=1S/C18H22N4O3/c1-22-14-8-10(11-6-7-19-9-15(11)23)2-3-12(14)17(21-22)13-4-5-16(24)20-18(13)25/h2-3,8,11,13,15,19,23H,4-7,9H2,1H3,(H,20,24,25)/t11-,13?,15+/m1/s1. The van der Waals surface area contributed by atoms with E-state index in [0.29, 0.717) is 19.4 Å². The van der Waals surface area contributed by atoms with E-state index in [2.05, 4.69) is 21.8 Å². The van der Waals surface area contributed by atoms with Gasteiger partial charge in [0.1, 0.15) is 0 Å². The van der Waals surface area contributed by atoms with E-state index in [1.807, 2.05) is 19.2 Å². The Morgan fingerprint density at radius 1 is 1.28 bits per heavy atom. The van der Waals surface area contributed by atoms with Crippen molar-refractivity contribution in [3.05, 3.63) is 29.5 Å². The maximum absolute atomic E-state index is 12.2. The van der Waals surface area contributed by atoms with E-state index in [1.165, 1.54) is 0 Å². The Hall–Kier alpha value is -2.25. The first kappa shape index (κ1) is 16.2. The van der Waals surface area contributed by atoms with Crippen LogP contribution in [0.5, 0.6) is 0 Å². The topological polar surface area (TPSA) is 96.2 Å². The Bertz CT molecular complexity index is 844. The normalized spacial score (nSPS) is 27.5. The minimum absolute atomic E-state index is 0.111. The largest absolute Gasteiger partial charge is 0.391 e. The summed E-state index contributed by atoms with van der Waals surface area (Å²) in [6.07, 6.45) is 1.33. The van der Waals surface area contributed by atoms with Crippen LogP contribution in [-0.2, 0) is 16.6 Å². The van der Waals surface area contributed by atoms with Gasteiger partial charge in [0, 0.05) is 31.3 Å². The van der Waals surface area contributed by atoms with Gasteiger partial charge in [0.15, 0.2) is 0 Å². The van der Waals surface area contributed by atoms with Crippen molar-refractivity contribution >= 4 is 22.7 Å². The first-order valence-corrected chi connectivity index (χ1v) is 8.73. The molecule has 0 radical (unpaired) electrons. The van der Waals surface area contributed by atoms with E-state index in [4.69, 9.17) is 0 Å². The van der Waals surface area contributed by atoms with Crippen LogP contribution in [0.3, 0.4) is 0 Å². The molecule has 0 saturated carbocycles. The van der Waals surface area contributed by atoms with E-state index in [9.17, 15) is 14.7 Å². The summed E-state index contributed by atoms with van der Waals surface area (Å²) in [5.41, 5.74) is 2.77. The minimum atomic E-state index is -0.394. The van der Waals surface area contributed by atoms with Crippen molar-refractivity contribution in [2.75, 3.05) is 13.1 Å². The lowest BCUT2D eigenvalue weighted by Crippen LogP contribution is -2.39. The van der Waals surface area contributed by atoms with Crippen molar-refractivity contribution in [2.45, 2.75) is 37.2 Å². The molecule has 7 nitrogen and oxygen atoms in total. The number of hydrogen-bond acceptors (Lipinski definition) is 5. The summed E-state index contributed by atoms with van der Waals surface area (Å²) in [6.45, 7) is 1.50. The lowest BCUT2D eigenvalue weighted by atomic mass is 9.86. The highest BCUT2D eigenvalue weighted by Gasteiger charge is 2.32. The van der Waals surface area contributed by atoms with E-state index in [1.54, 1.807) is 4.68 Å². The van der Waals surface area contributed by atoms with E-state index in [-0.39, 0.29) is 17.7 Å². The fourth-order valence-electron chi connectivity index (χ4n) is 3.98. The first-order valence-electron chi connectivity index (χ1n) is 8.73. The number of β-amino-alcohol motifs (C(OH)–C–C–N with tert-alkyl or cyclic N) is 1. The molecule has 1 unspecified atom stereocenters. The Labute approximate surface area is 145 Å². The molecule has 4 rings (SSSR count). The number of hydrogen-bond donors (Lipinski definition) is 3. The summed E-state index contributed by atoms with van der Waals surface area (Å²) in [4.78, 5) is 23.6. The zero-order valence-corrected chi connectivity index (χ0v) is 14.2. The summed E-state index contributed by atoms with van der Waals surface area (Å²) in [5, 5.41) is 21.4. The molecule has 1 aromatic heterocycles. The molecule has 25 heavy (non-hydrogen) atoms. The quantitative estimate of drug-likeness (QED) is 0.692. The number of piperidine rings is 2. The number of aromatic nitrogens is 2. The summed E-state index contributed by atoms with van der Waals surface area (Å²) < 4.78 is 1.78. The summed E-state index contributed by atoms with van der Waals surface area (Å²) in [6, 6.07) is 6.08. The maximum Gasteiger partial charge on any atom is 0.235 e. The number of carbonyl (C=O) groups excluding carboxylic acids is 2. The monoisotopic (exact) mass is 342 g/mol. The van der Waals surface area contributed by atoms with Crippen molar-refractivity contribution in [2.24, 2.45) is 7.05 Å². The number of aliphatic hydroxyl groups is 1. The maximum atomic E-state index is 12.2. The average Bonchev–Trinajstić information content (AvgIpc) is 2.91. The molecule has 3 heterocycles. The van der Waals surface area contributed by atoms with Crippen LogP contribution in [-0.4, -0.2) is 45.9 Å². The van der Waals surface area contributed by atoms with Crippen molar-refractivity contribution < 1.29 is 14.7 Å². The van der Waals surface area contributed by atoms with Gasteiger partial charge in [-0.05, 0) is 31.0 Å². The Morgan fingerprint density at radius 2 is 2.12 bits per heavy atom. The van der Waals surface area contributed by atoms with Crippen molar-refractivity contribution in [3.63, 3.8) is 0 Å². The fraction of sp³-hybridized carbons (Fsp3) is 0.500. The van der Waals surface area contributed by atoms with Gasteiger partial charge < -0.3 is 10.4 Å². The van der Waals surface area contributed by atoms with Gasteiger partial charge in [-0.1, -0.05) is 12.1 Å². The molecule has 2 aromatic rings. The summed E-state index contributed by atoms with van der Waals surface area (Å²) in [5.74, 6) is -0.769. The van der Waals surface area contributed by atoms with Crippen LogP contribution < -0.4 is 10.6 Å². The molecule has 3 N–H and O–H groups in total. The number of imide groups is 1. The average molecular weight is 342 g/mol. The van der Waals surface area contributed by atoms with E-state index >= 15 is 0 Å². The van der Waals surface area contributed by atoms with Gasteiger partial charge in [-0.2, -0.15) is 5.10 Å². The molecule has 2 aliphatic heterocycles. The third-order valence-corrected chi connectivity index (χ3v) is 5.35. The van der Waals surface area contributed by atoms with E-state index in [0.717, 1.165) is 35.1 Å². The molecule has 1 aromatic carbocycles. The summed E-state index contributed by atoms with van der Waals surface area (Å²) in [7, 11) is 1.86. The molecule has 0 spiro atoms. The second-order valence-corrected chi connectivity index (χ2v) is 6.96. The smallest absolute Gasteiger partial charge is 0.235 e. The number of benzene rings is 1. The zero-order valence-electron chi connectivity index (χ0n) is 14.2. The minimum Gasteiger partial charge on any atom is -0.391 e. The molecule has 0 bridgehead atoms. The second kappa shape index (κ2) is 6.24. The number of aryl methyl sites for hydroxylation is 1. The predicted octanol–water partition coefficient (Wildman–Crippen LogP) is 0.531. The second-order valence-electron chi connectivity index (χ2n) is 6.96. The van der Waals surface area contributed by atoms with Crippen LogP contribution in [0.2, 0.25) is 0 Å². The van der Waals surface area contributed by atoms with Crippen LogP contribution in [0.4, 0.5) is 0 Å². The lowest BCUT2D eigenvalue weighted by Gasteiger charge is -2.28. The van der Waals surface area contributed by atoms with Crippen LogP contribution in [0, 0.1) is 0 Å². The molecular weight excluding hydrogens is 320 g/mol. The number of fused-ring (bicyclic) bond motifs is 1. The number of rotatable bonds is 2. The number of carbonyl (C=O) groups is 2. The SMILES string of the molecule is Cn1nc(C2CCC(=O)NC2=O)c2ccc([C@H]3CCNC[C@@H]3O)cc21. The van der Waals surface area contributed by atoms with Crippen LogP contribution in [0.15, 0.2) is 18.2 Å². The highest BCUT2D eigenvalue weighted by molar-refractivity contribution is 6.02. The molecular formula is C18H22N4O3. The van der Waals surface area contributed by atoms with Crippen molar-refractivity contribution in [1.29, 1.82) is 0 Å². The molecule has 0 aliphatic carbocycles. The van der Waals surface area contributed by atoms with Gasteiger partial charge in [-0.15, -0.1) is 0 Å². The first-order chi connectivity index (χ1) is 12.0. The molecule has 2 fully saturated rings. The molecule has 132 valence electrons. The van der Waals surface area contributed by atoms with Gasteiger partial charge in [-0.25, -0.2) is 0 Å². The highest BCUT2D eigenvalue weighted by atomic mass is 16.3. The Morgan fingerprint density at radius 3 is 2.88 bits per heavy atom.